The van der Waals surface area contributed by atoms with E-state index in [4.69, 9.17) is 4.74 Å². The molecule has 0 aromatic heterocycles. The van der Waals surface area contributed by atoms with Crippen LogP contribution in [0.1, 0.15) is 33.6 Å². The van der Waals surface area contributed by atoms with Crippen molar-refractivity contribution in [2.24, 2.45) is 0 Å². The van der Waals surface area contributed by atoms with E-state index >= 15 is 0 Å². The highest BCUT2D eigenvalue weighted by molar-refractivity contribution is 8.01. The Bertz CT molecular complexity index is 227. The minimum Gasteiger partial charge on any atom is -0.381 e. The zero-order valence-electron chi connectivity index (χ0n) is 10.7. The third-order valence-corrected chi connectivity index (χ3v) is 4.50. The second kappa shape index (κ2) is 6.50. The van der Waals surface area contributed by atoms with Gasteiger partial charge < -0.3 is 9.64 Å². The highest BCUT2D eigenvalue weighted by Gasteiger charge is 2.24. The maximum absolute atomic E-state index is 12.0. The Balaban J connectivity index is 2.38. The predicted octanol–water partition coefficient (Wildman–Crippen LogP) is 2.15. The molecule has 1 saturated heterocycles. The van der Waals surface area contributed by atoms with Crippen LogP contribution in [0.25, 0.3) is 0 Å². The smallest absolute Gasteiger partial charge is 0.235 e. The van der Waals surface area contributed by atoms with Crippen LogP contribution in [0.2, 0.25) is 0 Å². The molecule has 4 heteroatoms. The maximum Gasteiger partial charge on any atom is 0.235 e. The van der Waals surface area contributed by atoms with Crippen LogP contribution in [0, 0.1) is 0 Å². The average Bonchev–Trinajstić information content (AvgIpc) is 2.28. The molecule has 1 fully saturated rings. The molecule has 0 aromatic carbocycles. The molecule has 0 N–H and O–H groups in total. The zero-order valence-corrected chi connectivity index (χ0v) is 11.5. The van der Waals surface area contributed by atoms with Gasteiger partial charge in [0, 0.05) is 31.6 Å². The molecule has 1 amide bonds. The fourth-order valence-electron chi connectivity index (χ4n) is 1.70. The van der Waals surface area contributed by atoms with Crippen molar-refractivity contribution < 1.29 is 9.53 Å². The lowest BCUT2D eigenvalue weighted by Gasteiger charge is -2.28. The van der Waals surface area contributed by atoms with Gasteiger partial charge in [-0.15, -0.1) is 11.8 Å². The zero-order chi connectivity index (χ0) is 12.1. The summed E-state index contributed by atoms with van der Waals surface area (Å²) in [4.78, 5) is 13.9. The number of carbonyl (C=O) groups is 1. The number of rotatable bonds is 4. The molecule has 1 rings (SSSR count). The summed E-state index contributed by atoms with van der Waals surface area (Å²) in [5.74, 6) is 0.242. The predicted molar refractivity (Wildman–Crippen MR) is 68.8 cm³/mol. The number of thioether (sulfide) groups is 1. The molecule has 1 atom stereocenters. The van der Waals surface area contributed by atoms with Crippen LogP contribution in [0.15, 0.2) is 0 Å². The maximum atomic E-state index is 12.0. The van der Waals surface area contributed by atoms with Crippen LogP contribution in [-0.4, -0.2) is 47.6 Å². The Kier molecular flexibility index (Phi) is 5.62. The van der Waals surface area contributed by atoms with Gasteiger partial charge in [0.05, 0.1) is 5.25 Å². The monoisotopic (exact) mass is 245 g/mol. The number of ether oxygens (including phenoxy) is 1. The molecule has 0 saturated carbocycles. The second-order valence-electron chi connectivity index (χ2n) is 4.63. The minimum absolute atomic E-state index is 0.0653. The molecule has 0 aromatic rings. The normalized spacial score (nSPS) is 19.8. The van der Waals surface area contributed by atoms with Crippen molar-refractivity contribution in [3.63, 3.8) is 0 Å². The largest absolute Gasteiger partial charge is 0.381 e. The Morgan fingerprint density at radius 1 is 1.31 bits per heavy atom. The van der Waals surface area contributed by atoms with Crippen molar-refractivity contribution >= 4 is 17.7 Å². The van der Waals surface area contributed by atoms with E-state index in [9.17, 15) is 4.79 Å². The lowest BCUT2D eigenvalue weighted by Crippen LogP contribution is -2.39. The number of hydrogen-bond donors (Lipinski definition) is 0. The van der Waals surface area contributed by atoms with Gasteiger partial charge in [0.1, 0.15) is 0 Å². The molecule has 1 heterocycles. The number of hydrogen-bond acceptors (Lipinski definition) is 3. The van der Waals surface area contributed by atoms with Crippen molar-refractivity contribution in [1.29, 1.82) is 0 Å². The molecule has 0 unspecified atom stereocenters. The van der Waals surface area contributed by atoms with Gasteiger partial charge in [-0.2, -0.15) is 0 Å². The highest BCUT2D eigenvalue weighted by atomic mass is 32.2. The number of nitrogens with zero attached hydrogens (tertiary/aromatic N) is 1. The standard InChI is InChI=1S/C12H23NO2S/c1-9(2)13(4)12(14)10(3)16-11-5-7-15-8-6-11/h9-11H,5-8H2,1-4H3/t10-/m0/s1. The molecule has 0 bridgehead atoms. The van der Waals surface area contributed by atoms with Gasteiger partial charge in [-0.05, 0) is 33.6 Å². The van der Waals surface area contributed by atoms with Crippen molar-refractivity contribution in [3.8, 4) is 0 Å². The van der Waals surface area contributed by atoms with Gasteiger partial charge in [-0.25, -0.2) is 0 Å². The Morgan fingerprint density at radius 3 is 2.38 bits per heavy atom. The van der Waals surface area contributed by atoms with Crippen molar-refractivity contribution in [2.75, 3.05) is 20.3 Å². The molecule has 0 radical (unpaired) electrons. The number of carbonyl (C=O) groups excluding carboxylic acids is 1. The van der Waals surface area contributed by atoms with E-state index in [0.717, 1.165) is 26.1 Å². The summed E-state index contributed by atoms with van der Waals surface area (Å²) in [6.07, 6.45) is 2.15. The van der Waals surface area contributed by atoms with Gasteiger partial charge >= 0.3 is 0 Å². The van der Waals surface area contributed by atoms with Gasteiger partial charge in [-0.1, -0.05) is 0 Å². The van der Waals surface area contributed by atoms with Crippen LogP contribution in [0.4, 0.5) is 0 Å². The Labute approximate surface area is 103 Å². The quantitative estimate of drug-likeness (QED) is 0.760. The molecule has 3 nitrogen and oxygen atoms in total. The van der Waals surface area contributed by atoms with Crippen LogP contribution in [0.3, 0.4) is 0 Å². The first kappa shape index (κ1) is 13.8. The van der Waals surface area contributed by atoms with Crippen LogP contribution in [0.5, 0.6) is 0 Å². The molecular formula is C12H23NO2S. The van der Waals surface area contributed by atoms with E-state index in [2.05, 4.69) is 0 Å². The van der Waals surface area contributed by atoms with E-state index < -0.39 is 0 Å². The summed E-state index contributed by atoms with van der Waals surface area (Å²) in [6.45, 7) is 7.80. The lowest BCUT2D eigenvalue weighted by atomic mass is 10.2. The average molecular weight is 245 g/mol. The summed E-state index contributed by atoms with van der Waals surface area (Å²) in [5, 5.41) is 0.656. The van der Waals surface area contributed by atoms with Gasteiger partial charge in [0.15, 0.2) is 0 Å². The molecule has 0 spiro atoms. The van der Waals surface area contributed by atoms with E-state index in [1.54, 1.807) is 11.8 Å². The van der Waals surface area contributed by atoms with E-state index in [-0.39, 0.29) is 17.2 Å². The summed E-state index contributed by atoms with van der Waals surface area (Å²) < 4.78 is 5.32. The SMILES string of the molecule is CC(C)N(C)C(=O)[C@H](C)SC1CCOCC1. The first-order valence-corrected chi connectivity index (χ1v) is 6.96. The molecule has 1 aliphatic rings. The third kappa shape index (κ3) is 3.98. The van der Waals surface area contributed by atoms with Crippen LogP contribution < -0.4 is 0 Å². The lowest BCUT2D eigenvalue weighted by molar-refractivity contribution is -0.130. The minimum atomic E-state index is 0.0653. The van der Waals surface area contributed by atoms with Gasteiger partial charge in [0.25, 0.3) is 0 Å². The van der Waals surface area contributed by atoms with E-state index in [1.165, 1.54) is 0 Å². The van der Waals surface area contributed by atoms with Crippen molar-refractivity contribution in [2.45, 2.75) is 50.2 Å². The fraction of sp³-hybridized carbons (Fsp3) is 0.917. The first-order valence-electron chi connectivity index (χ1n) is 6.02. The summed E-state index contributed by atoms with van der Waals surface area (Å²) >= 11 is 1.80. The van der Waals surface area contributed by atoms with E-state index in [1.807, 2.05) is 32.7 Å². The van der Waals surface area contributed by atoms with Crippen molar-refractivity contribution in [1.82, 2.24) is 4.90 Å². The summed E-state index contributed by atoms with van der Waals surface area (Å²) in [5.41, 5.74) is 0. The molecule has 1 aliphatic heterocycles. The molecular weight excluding hydrogens is 222 g/mol. The molecule has 16 heavy (non-hydrogen) atoms. The second-order valence-corrected chi connectivity index (χ2v) is 6.28. The van der Waals surface area contributed by atoms with Gasteiger partial charge in [0.2, 0.25) is 5.91 Å². The van der Waals surface area contributed by atoms with Gasteiger partial charge in [-0.3, -0.25) is 4.79 Å². The summed E-state index contributed by atoms with van der Waals surface area (Å²) in [6, 6.07) is 0.283. The Hall–Kier alpha value is -0.220. The first-order chi connectivity index (χ1) is 7.52. The van der Waals surface area contributed by atoms with E-state index in [0.29, 0.717) is 5.25 Å². The van der Waals surface area contributed by atoms with Crippen molar-refractivity contribution in [3.05, 3.63) is 0 Å². The molecule has 0 aliphatic carbocycles. The Morgan fingerprint density at radius 2 is 1.88 bits per heavy atom. The van der Waals surface area contributed by atoms with Crippen LogP contribution >= 0.6 is 11.8 Å². The topological polar surface area (TPSA) is 29.5 Å². The third-order valence-electron chi connectivity index (χ3n) is 3.03. The highest BCUT2D eigenvalue weighted by Crippen LogP contribution is 2.27. The molecule has 94 valence electrons. The fourth-order valence-corrected chi connectivity index (χ4v) is 3.02. The van der Waals surface area contributed by atoms with Crippen LogP contribution in [-0.2, 0) is 9.53 Å². The number of amides is 1. The summed E-state index contributed by atoms with van der Waals surface area (Å²) in [7, 11) is 1.88.